The number of esters is 1. The number of nitrogens with one attached hydrogen (secondary N) is 1. The monoisotopic (exact) mass is 200 g/mol. The summed E-state index contributed by atoms with van der Waals surface area (Å²) in [7, 11) is 1.37. The maximum absolute atomic E-state index is 11.2. The van der Waals surface area contributed by atoms with Gasteiger partial charge in [0.1, 0.15) is 4.88 Å². The Kier molecular flexibility index (Phi) is 3.25. The van der Waals surface area contributed by atoms with Crippen molar-refractivity contribution in [3.05, 3.63) is 10.6 Å². The van der Waals surface area contributed by atoms with Gasteiger partial charge >= 0.3 is 5.97 Å². The molecule has 0 bridgehead atoms. The third-order valence-corrected chi connectivity index (χ3v) is 2.59. The van der Waals surface area contributed by atoms with Gasteiger partial charge in [0.2, 0.25) is 0 Å². The SMILES string of the molecule is CCNc1nc(C)c(C(=O)OC)s1. The van der Waals surface area contributed by atoms with E-state index in [0.717, 1.165) is 11.7 Å². The van der Waals surface area contributed by atoms with Crippen molar-refractivity contribution < 1.29 is 9.53 Å². The minimum absolute atomic E-state index is 0.320. The van der Waals surface area contributed by atoms with Crippen LogP contribution in [0.4, 0.5) is 5.13 Å². The second-order valence-electron chi connectivity index (χ2n) is 2.46. The first-order chi connectivity index (χ1) is 6.19. The number of aryl methyl sites for hydroxylation is 1. The van der Waals surface area contributed by atoms with Crippen LogP contribution in [0.15, 0.2) is 0 Å². The fourth-order valence-corrected chi connectivity index (χ4v) is 1.86. The van der Waals surface area contributed by atoms with Crippen LogP contribution in [0, 0.1) is 6.92 Å². The van der Waals surface area contributed by atoms with Gasteiger partial charge in [-0.1, -0.05) is 11.3 Å². The highest BCUT2D eigenvalue weighted by atomic mass is 32.1. The first-order valence-electron chi connectivity index (χ1n) is 3.98. The number of aromatic nitrogens is 1. The third kappa shape index (κ3) is 2.18. The van der Waals surface area contributed by atoms with Crippen molar-refractivity contribution in [1.82, 2.24) is 4.98 Å². The Morgan fingerprint density at radius 3 is 2.92 bits per heavy atom. The van der Waals surface area contributed by atoms with Crippen LogP contribution in [0.1, 0.15) is 22.3 Å². The highest BCUT2D eigenvalue weighted by molar-refractivity contribution is 7.17. The molecule has 1 rings (SSSR count). The van der Waals surface area contributed by atoms with E-state index in [1.54, 1.807) is 6.92 Å². The van der Waals surface area contributed by atoms with E-state index in [-0.39, 0.29) is 5.97 Å². The summed E-state index contributed by atoms with van der Waals surface area (Å²) in [6.07, 6.45) is 0. The summed E-state index contributed by atoms with van der Waals surface area (Å²) in [6.45, 7) is 4.58. The number of hydrogen-bond acceptors (Lipinski definition) is 5. The molecule has 5 heteroatoms. The first kappa shape index (κ1) is 9.98. The molecule has 1 N–H and O–H groups in total. The van der Waals surface area contributed by atoms with E-state index in [0.29, 0.717) is 10.6 Å². The average molecular weight is 200 g/mol. The molecular weight excluding hydrogens is 188 g/mol. The van der Waals surface area contributed by atoms with Crippen LogP contribution in [-0.4, -0.2) is 24.6 Å². The van der Waals surface area contributed by atoms with Gasteiger partial charge in [-0.25, -0.2) is 9.78 Å². The molecule has 0 saturated heterocycles. The highest BCUT2D eigenvalue weighted by Gasteiger charge is 2.14. The lowest BCUT2D eigenvalue weighted by Gasteiger charge is -1.93. The molecular formula is C8H12N2O2S. The molecule has 72 valence electrons. The third-order valence-electron chi connectivity index (χ3n) is 1.50. The lowest BCUT2D eigenvalue weighted by atomic mass is 10.4. The Balaban J connectivity index is 2.89. The zero-order chi connectivity index (χ0) is 9.84. The lowest BCUT2D eigenvalue weighted by molar-refractivity contribution is 0.0605. The van der Waals surface area contributed by atoms with Gasteiger partial charge in [-0.05, 0) is 13.8 Å². The molecule has 1 aromatic rings. The standard InChI is InChI=1S/C8H12N2O2S/c1-4-9-8-10-5(2)6(13-8)7(11)12-3/h4H2,1-3H3,(H,9,10). The molecule has 0 aliphatic rings. The molecule has 0 unspecified atom stereocenters. The van der Waals surface area contributed by atoms with Crippen molar-refractivity contribution in [2.24, 2.45) is 0 Å². The quantitative estimate of drug-likeness (QED) is 0.754. The van der Waals surface area contributed by atoms with Gasteiger partial charge in [-0.2, -0.15) is 0 Å². The van der Waals surface area contributed by atoms with E-state index in [9.17, 15) is 4.79 Å². The zero-order valence-corrected chi connectivity index (χ0v) is 8.70. The maximum Gasteiger partial charge on any atom is 0.350 e. The van der Waals surface area contributed by atoms with Crippen molar-refractivity contribution >= 4 is 22.4 Å². The Hall–Kier alpha value is -1.10. The average Bonchev–Trinajstić information content (AvgIpc) is 2.46. The van der Waals surface area contributed by atoms with Crippen LogP contribution in [-0.2, 0) is 4.74 Å². The van der Waals surface area contributed by atoms with Gasteiger partial charge in [-0.15, -0.1) is 0 Å². The smallest absolute Gasteiger partial charge is 0.350 e. The van der Waals surface area contributed by atoms with E-state index < -0.39 is 0 Å². The number of thiazole rings is 1. The van der Waals surface area contributed by atoms with Gasteiger partial charge in [0.25, 0.3) is 0 Å². The van der Waals surface area contributed by atoms with Gasteiger partial charge in [-0.3, -0.25) is 0 Å². The van der Waals surface area contributed by atoms with Crippen molar-refractivity contribution in [3.63, 3.8) is 0 Å². The summed E-state index contributed by atoms with van der Waals surface area (Å²) in [5, 5.41) is 3.81. The van der Waals surface area contributed by atoms with Crippen LogP contribution < -0.4 is 5.32 Å². The number of nitrogens with zero attached hydrogens (tertiary/aromatic N) is 1. The number of hydrogen-bond donors (Lipinski definition) is 1. The predicted molar refractivity (Wildman–Crippen MR) is 52.4 cm³/mol. The molecule has 0 radical (unpaired) electrons. The first-order valence-corrected chi connectivity index (χ1v) is 4.80. The van der Waals surface area contributed by atoms with Crippen LogP contribution in [0.3, 0.4) is 0 Å². The fourth-order valence-electron chi connectivity index (χ4n) is 0.905. The number of anilines is 1. The Labute approximate surface area is 80.9 Å². The normalized spacial score (nSPS) is 9.77. The van der Waals surface area contributed by atoms with Crippen molar-refractivity contribution in [3.8, 4) is 0 Å². The molecule has 0 atom stereocenters. The Morgan fingerprint density at radius 2 is 2.38 bits per heavy atom. The number of ether oxygens (including phenoxy) is 1. The van der Waals surface area contributed by atoms with Crippen LogP contribution >= 0.6 is 11.3 Å². The van der Waals surface area contributed by atoms with Crippen LogP contribution in [0.25, 0.3) is 0 Å². The Bertz CT molecular complexity index is 309. The highest BCUT2D eigenvalue weighted by Crippen LogP contribution is 2.22. The summed E-state index contributed by atoms with van der Waals surface area (Å²) in [6, 6.07) is 0. The summed E-state index contributed by atoms with van der Waals surface area (Å²) in [5.41, 5.74) is 0.716. The second-order valence-corrected chi connectivity index (χ2v) is 3.45. The number of rotatable bonds is 3. The molecule has 0 fully saturated rings. The van der Waals surface area contributed by atoms with E-state index in [1.807, 2.05) is 6.92 Å². The van der Waals surface area contributed by atoms with Crippen LogP contribution in [0.5, 0.6) is 0 Å². The summed E-state index contributed by atoms with van der Waals surface area (Å²) >= 11 is 1.32. The molecule has 4 nitrogen and oxygen atoms in total. The van der Waals surface area contributed by atoms with Gasteiger partial charge < -0.3 is 10.1 Å². The second kappa shape index (κ2) is 4.23. The molecule has 1 aromatic heterocycles. The summed E-state index contributed by atoms with van der Waals surface area (Å²) in [4.78, 5) is 15.9. The Morgan fingerprint density at radius 1 is 1.69 bits per heavy atom. The summed E-state index contributed by atoms with van der Waals surface area (Å²) in [5.74, 6) is -0.320. The van der Waals surface area contributed by atoms with E-state index >= 15 is 0 Å². The molecule has 0 aromatic carbocycles. The lowest BCUT2D eigenvalue weighted by Crippen LogP contribution is -1.99. The number of carbonyl (C=O) groups excluding carboxylic acids is 1. The maximum atomic E-state index is 11.2. The van der Waals surface area contributed by atoms with E-state index in [4.69, 9.17) is 0 Å². The molecule has 13 heavy (non-hydrogen) atoms. The molecule has 1 heterocycles. The predicted octanol–water partition coefficient (Wildman–Crippen LogP) is 1.67. The number of carbonyl (C=O) groups is 1. The van der Waals surface area contributed by atoms with E-state index in [1.165, 1.54) is 18.4 Å². The minimum atomic E-state index is -0.320. The van der Waals surface area contributed by atoms with Crippen molar-refractivity contribution in [1.29, 1.82) is 0 Å². The van der Waals surface area contributed by atoms with Crippen molar-refractivity contribution in [2.75, 3.05) is 19.0 Å². The molecule has 0 aliphatic heterocycles. The van der Waals surface area contributed by atoms with Crippen molar-refractivity contribution in [2.45, 2.75) is 13.8 Å². The summed E-state index contributed by atoms with van der Waals surface area (Å²) < 4.78 is 4.61. The number of methoxy groups -OCH3 is 1. The topological polar surface area (TPSA) is 51.2 Å². The van der Waals surface area contributed by atoms with Gasteiger partial charge in [0.15, 0.2) is 5.13 Å². The van der Waals surface area contributed by atoms with Gasteiger partial charge in [0, 0.05) is 6.54 Å². The minimum Gasteiger partial charge on any atom is -0.465 e. The fraction of sp³-hybridized carbons (Fsp3) is 0.500. The molecule has 0 saturated carbocycles. The van der Waals surface area contributed by atoms with Gasteiger partial charge in [0.05, 0.1) is 12.8 Å². The molecule has 0 spiro atoms. The molecule has 0 amide bonds. The zero-order valence-electron chi connectivity index (χ0n) is 7.88. The van der Waals surface area contributed by atoms with E-state index in [2.05, 4.69) is 15.0 Å². The van der Waals surface area contributed by atoms with Crippen LogP contribution in [0.2, 0.25) is 0 Å². The molecule has 0 aliphatic carbocycles. The largest absolute Gasteiger partial charge is 0.465 e.